The molecule has 0 bridgehead atoms. The Morgan fingerprint density at radius 1 is 1.17 bits per heavy atom. The number of nitrogens with zero attached hydrogens (tertiary/aromatic N) is 3. The van der Waals surface area contributed by atoms with Crippen LogP contribution in [0.4, 0.5) is 0 Å². The van der Waals surface area contributed by atoms with E-state index in [0.29, 0.717) is 11.3 Å². The smallest absolute Gasteiger partial charge is 0.296 e. The Balaban J connectivity index is 2.20. The Kier molecular flexibility index (Phi) is 4.08. The maximum absolute atomic E-state index is 12.4. The fourth-order valence-electron chi connectivity index (χ4n) is 2.72. The molecule has 2 heterocycles. The minimum atomic E-state index is -0.883. The molecule has 6 nitrogen and oxygen atoms in total. The van der Waals surface area contributed by atoms with Gasteiger partial charge in [0.2, 0.25) is 0 Å². The molecule has 0 radical (unpaired) electrons. The number of hydrogen-bond acceptors (Lipinski definition) is 5. The van der Waals surface area contributed by atoms with Crippen LogP contribution in [-0.2, 0) is 9.59 Å². The van der Waals surface area contributed by atoms with E-state index in [0.717, 1.165) is 4.90 Å². The lowest BCUT2D eigenvalue weighted by molar-refractivity contribution is -0.139. The first-order valence-electron chi connectivity index (χ1n) is 7.27. The summed E-state index contributed by atoms with van der Waals surface area (Å²) in [6.07, 6.45) is 1.53. The van der Waals surface area contributed by atoms with Crippen LogP contribution in [0.15, 0.2) is 60.3 Å². The predicted octanol–water partition coefficient (Wildman–Crippen LogP) is 2.03. The third kappa shape index (κ3) is 2.52. The standard InChI is InChI=1S/C18H13N3O3/c19-9-11-21-15(13-8-4-5-10-20-13)14(17(23)18(21)24)16(22)12-6-2-1-3-7-12/h1-8,10,15,22H,11H2/t15-/m0/s1. The van der Waals surface area contributed by atoms with E-state index in [1.54, 1.807) is 48.5 Å². The van der Waals surface area contributed by atoms with E-state index in [1.807, 2.05) is 6.07 Å². The molecule has 0 unspecified atom stereocenters. The molecule has 0 spiro atoms. The molecule has 2 aromatic rings. The highest BCUT2D eigenvalue weighted by Crippen LogP contribution is 2.38. The summed E-state index contributed by atoms with van der Waals surface area (Å²) in [5.74, 6) is -1.91. The number of likely N-dealkylation sites (tertiary alicyclic amines) is 1. The van der Waals surface area contributed by atoms with Gasteiger partial charge in [-0.25, -0.2) is 0 Å². The highest BCUT2D eigenvalue weighted by atomic mass is 16.3. The first-order chi connectivity index (χ1) is 11.6. The maximum atomic E-state index is 12.4. The van der Waals surface area contributed by atoms with Gasteiger partial charge in [-0.15, -0.1) is 0 Å². The second-order valence-corrected chi connectivity index (χ2v) is 5.21. The Morgan fingerprint density at radius 2 is 1.88 bits per heavy atom. The molecular weight excluding hydrogens is 306 g/mol. The van der Waals surface area contributed by atoms with E-state index in [2.05, 4.69) is 4.98 Å². The number of aromatic nitrogens is 1. The highest BCUT2D eigenvalue weighted by Gasteiger charge is 2.46. The summed E-state index contributed by atoms with van der Waals surface area (Å²) in [7, 11) is 0. The fraction of sp³-hybridized carbons (Fsp3) is 0.111. The van der Waals surface area contributed by atoms with Crippen molar-refractivity contribution in [1.82, 2.24) is 9.88 Å². The van der Waals surface area contributed by atoms with Gasteiger partial charge in [0.05, 0.1) is 17.3 Å². The van der Waals surface area contributed by atoms with Crippen molar-refractivity contribution in [2.45, 2.75) is 6.04 Å². The van der Waals surface area contributed by atoms with Crippen LogP contribution in [-0.4, -0.2) is 33.2 Å². The zero-order valence-electron chi connectivity index (χ0n) is 12.6. The number of hydrogen-bond donors (Lipinski definition) is 1. The van der Waals surface area contributed by atoms with Gasteiger partial charge in [-0.05, 0) is 12.1 Å². The third-order valence-electron chi connectivity index (χ3n) is 3.80. The minimum absolute atomic E-state index is 0.0554. The van der Waals surface area contributed by atoms with Gasteiger partial charge in [0.15, 0.2) is 0 Å². The Bertz CT molecular complexity index is 854. The summed E-state index contributed by atoms with van der Waals surface area (Å²) in [6.45, 7) is -0.266. The van der Waals surface area contributed by atoms with Crippen LogP contribution < -0.4 is 0 Å². The van der Waals surface area contributed by atoms with Crippen LogP contribution in [0.5, 0.6) is 0 Å². The third-order valence-corrected chi connectivity index (χ3v) is 3.80. The maximum Gasteiger partial charge on any atom is 0.296 e. The highest BCUT2D eigenvalue weighted by molar-refractivity contribution is 6.46. The summed E-state index contributed by atoms with van der Waals surface area (Å²) in [5.41, 5.74) is 0.790. The van der Waals surface area contributed by atoms with Crippen molar-refractivity contribution in [2.75, 3.05) is 6.54 Å². The topological polar surface area (TPSA) is 94.3 Å². The van der Waals surface area contributed by atoms with Gasteiger partial charge < -0.3 is 10.0 Å². The second kappa shape index (κ2) is 6.34. The first-order valence-corrected chi connectivity index (χ1v) is 7.27. The number of ketones is 1. The van der Waals surface area contributed by atoms with Crippen molar-refractivity contribution < 1.29 is 14.7 Å². The molecule has 118 valence electrons. The zero-order chi connectivity index (χ0) is 17.1. The number of aliphatic hydroxyl groups is 1. The number of carbonyl (C=O) groups is 2. The molecule has 1 aliphatic rings. The summed E-state index contributed by atoms with van der Waals surface area (Å²) in [6, 6.07) is 14.6. The average Bonchev–Trinajstić information content (AvgIpc) is 2.88. The lowest BCUT2D eigenvalue weighted by Gasteiger charge is -2.21. The van der Waals surface area contributed by atoms with E-state index >= 15 is 0 Å². The molecule has 1 saturated heterocycles. The second-order valence-electron chi connectivity index (χ2n) is 5.21. The van der Waals surface area contributed by atoms with Crippen LogP contribution >= 0.6 is 0 Å². The zero-order valence-corrected chi connectivity index (χ0v) is 12.6. The molecule has 0 saturated carbocycles. The van der Waals surface area contributed by atoms with E-state index < -0.39 is 17.7 Å². The van der Waals surface area contributed by atoms with Crippen LogP contribution in [0.25, 0.3) is 5.76 Å². The Hall–Kier alpha value is -3.46. The molecule has 6 heteroatoms. The van der Waals surface area contributed by atoms with Crippen molar-refractivity contribution >= 4 is 17.4 Å². The SMILES string of the molecule is N#CCN1C(=O)C(=O)C(=C(O)c2ccccc2)[C@@H]1c1ccccn1. The summed E-state index contributed by atoms with van der Waals surface area (Å²) < 4.78 is 0. The molecule has 1 aromatic carbocycles. The largest absolute Gasteiger partial charge is 0.507 e. The molecule has 1 aliphatic heterocycles. The normalized spacial score (nSPS) is 19.3. The molecule has 24 heavy (non-hydrogen) atoms. The molecule has 3 rings (SSSR count). The number of benzene rings is 1. The molecule has 1 atom stereocenters. The van der Waals surface area contributed by atoms with E-state index in [9.17, 15) is 14.7 Å². The van der Waals surface area contributed by atoms with Crippen LogP contribution in [0.3, 0.4) is 0 Å². The van der Waals surface area contributed by atoms with Gasteiger partial charge in [0, 0.05) is 11.8 Å². The first kappa shape index (κ1) is 15.4. The number of pyridine rings is 1. The van der Waals surface area contributed by atoms with Crippen LogP contribution in [0, 0.1) is 11.3 Å². The molecule has 1 fully saturated rings. The van der Waals surface area contributed by atoms with Crippen molar-refractivity contribution in [2.24, 2.45) is 0 Å². The fourth-order valence-corrected chi connectivity index (χ4v) is 2.72. The van der Waals surface area contributed by atoms with E-state index in [-0.39, 0.29) is 17.9 Å². The van der Waals surface area contributed by atoms with Crippen molar-refractivity contribution in [3.8, 4) is 6.07 Å². The molecule has 1 N–H and O–H groups in total. The molecule has 1 aromatic heterocycles. The number of rotatable bonds is 3. The van der Waals surface area contributed by atoms with Crippen molar-refractivity contribution in [3.05, 3.63) is 71.6 Å². The van der Waals surface area contributed by atoms with E-state index in [4.69, 9.17) is 5.26 Å². The number of amides is 1. The van der Waals surface area contributed by atoms with Crippen molar-refractivity contribution in [3.63, 3.8) is 0 Å². The monoisotopic (exact) mass is 319 g/mol. The van der Waals surface area contributed by atoms with E-state index in [1.165, 1.54) is 6.20 Å². The Morgan fingerprint density at radius 3 is 2.50 bits per heavy atom. The summed E-state index contributed by atoms with van der Waals surface area (Å²) in [5, 5.41) is 19.6. The quantitative estimate of drug-likeness (QED) is 0.404. The summed E-state index contributed by atoms with van der Waals surface area (Å²) in [4.78, 5) is 30.0. The van der Waals surface area contributed by atoms with Gasteiger partial charge in [-0.2, -0.15) is 5.26 Å². The van der Waals surface area contributed by atoms with Gasteiger partial charge in [0.25, 0.3) is 11.7 Å². The van der Waals surface area contributed by atoms with Gasteiger partial charge in [0.1, 0.15) is 18.3 Å². The molecule has 1 amide bonds. The number of nitriles is 1. The van der Waals surface area contributed by atoms with Crippen LogP contribution in [0.2, 0.25) is 0 Å². The lowest BCUT2D eigenvalue weighted by Crippen LogP contribution is -2.30. The molecular formula is C18H13N3O3. The number of aliphatic hydroxyl groups excluding tert-OH is 1. The van der Waals surface area contributed by atoms with Gasteiger partial charge >= 0.3 is 0 Å². The van der Waals surface area contributed by atoms with Gasteiger partial charge in [-0.1, -0.05) is 36.4 Å². The average molecular weight is 319 g/mol. The van der Waals surface area contributed by atoms with Crippen molar-refractivity contribution in [1.29, 1.82) is 5.26 Å². The van der Waals surface area contributed by atoms with Crippen LogP contribution in [0.1, 0.15) is 17.3 Å². The minimum Gasteiger partial charge on any atom is -0.507 e. The Labute approximate surface area is 138 Å². The predicted molar refractivity (Wildman–Crippen MR) is 85.3 cm³/mol. The summed E-state index contributed by atoms with van der Waals surface area (Å²) >= 11 is 0. The van der Waals surface area contributed by atoms with Gasteiger partial charge in [-0.3, -0.25) is 14.6 Å². The molecule has 0 aliphatic carbocycles. The number of Topliss-reactive ketones (excluding diaryl/α,β-unsaturated/α-hetero) is 1. The number of carbonyl (C=O) groups excluding carboxylic acids is 2. The lowest BCUT2D eigenvalue weighted by atomic mass is 9.98.